The number of hydrazone groups is 1. The first-order valence-corrected chi connectivity index (χ1v) is 10.2. The van der Waals surface area contributed by atoms with Crippen LogP contribution in [0.25, 0.3) is 12.2 Å². The van der Waals surface area contributed by atoms with E-state index in [1.807, 2.05) is 36.4 Å². The monoisotopic (exact) mass is 454 g/mol. The lowest BCUT2D eigenvalue weighted by Gasteiger charge is -2.12. The van der Waals surface area contributed by atoms with Gasteiger partial charge in [0.1, 0.15) is 5.56 Å². The average Bonchev–Trinajstić information content (AvgIpc) is 3.03. The lowest BCUT2D eigenvalue weighted by molar-refractivity contribution is -0.122. The molecule has 31 heavy (non-hydrogen) atoms. The number of benzene rings is 2. The molecule has 0 unspecified atom stereocenters. The van der Waals surface area contributed by atoms with Gasteiger partial charge < -0.3 is 14.6 Å². The standard InChI is InChI=1S/C22H18N2O5S2/c1-28-16-11-10-15(18(21(26)27)19(16)29-2)13-17-20(25)24(22(30)31-17)23-12-6-9-14-7-4-3-5-8-14/h3-13H,1-2H3,(H,26,27)/b9-6-,17-13+,23-12+. The Hall–Kier alpha value is -3.43. The normalized spacial score (nSPS) is 15.4. The van der Waals surface area contributed by atoms with Crippen molar-refractivity contribution in [2.45, 2.75) is 0 Å². The van der Waals surface area contributed by atoms with Gasteiger partial charge in [-0.3, -0.25) is 4.79 Å². The fraction of sp³-hybridized carbons (Fsp3) is 0.0909. The number of thioether (sulfide) groups is 1. The summed E-state index contributed by atoms with van der Waals surface area (Å²) in [6.45, 7) is 0. The molecule has 2 aromatic rings. The van der Waals surface area contributed by atoms with E-state index in [1.165, 1.54) is 26.5 Å². The maximum absolute atomic E-state index is 12.8. The van der Waals surface area contributed by atoms with Gasteiger partial charge in [0, 0.05) is 6.21 Å². The zero-order valence-electron chi connectivity index (χ0n) is 16.6. The van der Waals surface area contributed by atoms with Crippen LogP contribution in [-0.2, 0) is 4.79 Å². The van der Waals surface area contributed by atoms with Crippen LogP contribution in [0.1, 0.15) is 21.5 Å². The molecule has 0 bridgehead atoms. The number of hydrogen-bond donors (Lipinski definition) is 1. The summed E-state index contributed by atoms with van der Waals surface area (Å²) < 4.78 is 10.6. The molecule has 1 fully saturated rings. The molecule has 158 valence electrons. The third kappa shape index (κ3) is 5.01. The molecule has 1 amide bonds. The fourth-order valence-electron chi connectivity index (χ4n) is 2.81. The number of nitrogens with zero attached hydrogens (tertiary/aromatic N) is 2. The number of aromatic carboxylic acids is 1. The van der Waals surface area contributed by atoms with Gasteiger partial charge in [0.05, 0.1) is 19.1 Å². The Kier molecular flexibility index (Phi) is 7.22. The van der Waals surface area contributed by atoms with E-state index in [0.29, 0.717) is 5.56 Å². The molecule has 1 aliphatic heterocycles. The second-order valence-electron chi connectivity index (χ2n) is 6.10. The summed E-state index contributed by atoms with van der Waals surface area (Å²) in [6.07, 6.45) is 6.48. The molecule has 0 radical (unpaired) electrons. The van der Waals surface area contributed by atoms with Crippen molar-refractivity contribution in [3.05, 3.63) is 70.1 Å². The Morgan fingerprint density at radius 1 is 1.16 bits per heavy atom. The van der Waals surface area contributed by atoms with Gasteiger partial charge in [-0.05, 0) is 41.6 Å². The summed E-state index contributed by atoms with van der Waals surface area (Å²) in [6, 6.07) is 12.8. The minimum absolute atomic E-state index is 0.0725. The number of carboxylic acids is 1. The summed E-state index contributed by atoms with van der Waals surface area (Å²) in [5, 5.41) is 14.9. The highest BCUT2D eigenvalue weighted by molar-refractivity contribution is 8.26. The summed E-state index contributed by atoms with van der Waals surface area (Å²) in [7, 11) is 2.77. The molecule has 0 aromatic heterocycles. The molecule has 1 aliphatic rings. The van der Waals surface area contributed by atoms with Crippen molar-refractivity contribution in [1.29, 1.82) is 0 Å². The van der Waals surface area contributed by atoms with E-state index in [1.54, 1.807) is 18.2 Å². The first-order chi connectivity index (χ1) is 15.0. The van der Waals surface area contributed by atoms with Gasteiger partial charge >= 0.3 is 5.97 Å². The minimum atomic E-state index is -1.21. The Labute approximate surface area is 188 Å². The number of methoxy groups -OCH3 is 2. The van der Waals surface area contributed by atoms with Crippen LogP contribution in [0.5, 0.6) is 11.5 Å². The van der Waals surface area contributed by atoms with Crippen LogP contribution in [0.15, 0.2) is 58.5 Å². The number of rotatable bonds is 7. The van der Waals surface area contributed by atoms with Crippen molar-refractivity contribution in [2.24, 2.45) is 5.10 Å². The van der Waals surface area contributed by atoms with Crippen molar-refractivity contribution >= 4 is 58.5 Å². The van der Waals surface area contributed by atoms with Crippen molar-refractivity contribution in [1.82, 2.24) is 5.01 Å². The van der Waals surface area contributed by atoms with E-state index in [9.17, 15) is 14.7 Å². The number of carbonyl (C=O) groups excluding carboxylic acids is 1. The van der Waals surface area contributed by atoms with Gasteiger partial charge in [0.25, 0.3) is 5.91 Å². The van der Waals surface area contributed by atoms with E-state index in [2.05, 4.69) is 5.10 Å². The first kappa shape index (κ1) is 22.3. The third-order valence-corrected chi connectivity index (χ3v) is 5.49. The number of carboxylic acid groups (broad SMARTS) is 1. The van der Waals surface area contributed by atoms with Crippen LogP contribution in [0.3, 0.4) is 0 Å². The summed E-state index contributed by atoms with van der Waals surface area (Å²) in [5.74, 6) is -1.30. The minimum Gasteiger partial charge on any atom is -0.493 e. The molecule has 3 rings (SSSR count). The molecule has 0 spiro atoms. The second kappa shape index (κ2) is 10.1. The Morgan fingerprint density at radius 3 is 2.55 bits per heavy atom. The summed E-state index contributed by atoms with van der Waals surface area (Å²) >= 11 is 6.30. The predicted octanol–water partition coefficient (Wildman–Crippen LogP) is 4.30. The van der Waals surface area contributed by atoms with E-state index >= 15 is 0 Å². The molecule has 0 aliphatic carbocycles. The van der Waals surface area contributed by atoms with Gasteiger partial charge in [-0.1, -0.05) is 54.2 Å². The quantitative estimate of drug-likeness (QED) is 0.379. The van der Waals surface area contributed by atoms with Crippen LogP contribution in [0.2, 0.25) is 0 Å². The van der Waals surface area contributed by atoms with E-state index < -0.39 is 11.9 Å². The summed E-state index contributed by atoms with van der Waals surface area (Å²) in [5.41, 5.74) is 1.17. The number of ether oxygens (including phenoxy) is 2. The largest absolute Gasteiger partial charge is 0.493 e. The van der Waals surface area contributed by atoms with Crippen molar-refractivity contribution in [3.8, 4) is 11.5 Å². The van der Waals surface area contributed by atoms with Crippen LogP contribution in [-0.4, -0.2) is 46.7 Å². The molecule has 1 N–H and O–H groups in total. The van der Waals surface area contributed by atoms with E-state index in [0.717, 1.165) is 22.3 Å². The zero-order valence-corrected chi connectivity index (χ0v) is 18.3. The topological polar surface area (TPSA) is 88.4 Å². The first-order valence-electron chi connectivity index (χ1n) is 8.98. The number of allylic oxidation sites excluding steroid dienone is 1. The molecule has 7 nitrogen and oxygen atoms in total. The molecule has 0 atom stereocenters. The van der Waals surface area contributed by atoms with Crippen molar-refractivity contribution in [2.75, 3.05) is 14.2 Å². The summed E-state index contributed by atoms with van der Waals surface area (Å²) in [4.78, 5) is 24.8. The van der Waals surface area contributed by atoms with Crippen LogP contribution >= 0.6 is 24.0 Å². The third-order valence-electron chi connectivity index (χ3n) is 4.21. The second-order valence-corrected chi connectivity index (χ2v) is 7.77. The average molecular weight is 455 g/mol. The molecule has 1 saturated heterocycles. The van der Waals surface area contributed by atoms with Crippen molar-refractivity contribution < 1.29 is 24.2 Å². The number of carbonyl (C=O) groups is 2. The smallest absolute Gasteiger partial charge is 0.340 e. The lowest BCUT2D eigenvalue weighted by atomic mass is 10.0. The van der Waals surface area contributed by atoms with Crippen LogP contribution in [0.4, 0.5) is 0 Å². The number of hydrogen-bond acceptors (Lipinski definition) is 7. The predicted molar refractivity (Wildman–Crippen MR) is 125 cm³/mol. The zero-order chi connectivity index (χ0) is 22.4. The van der Waals surface area contributed by atoms with E-state index in [-0.39, 0.29) is 26.3 Å². The number of amides is 1. The number of thiocarbonyl (C=S) groups is 1. The van der Waals surface area contributed by atoms with Crippen LogP contribution in [0, 0.1) is 0 Å². The van der Waals surface area contributed by atoms with Crippen molar-refractivity contribution in [3.63, 3.8) is 0 Å². The maximum atomic E-state index is 12.8. The Bertz CT molecular complexity index is 1110. The molecule has 9 heteroatoms. The maximum Gasteiger partial charge on any atom is 0.340 e. The highest BCUT2D eigenvalue weighted by Gasteiger charge is 2.32. The highest BCUT2D eigenvalue weighted by Crippen LogP contribution is 2.37. The van der Waals surface area contributed by atoms with Gasteiger partial charge in [-0.15, -0.1) is 0 Å². The fourth-order valence-corrected chi connectivity index (χ4v) is 3.97. The van der Waals surface area contributed by atoms with Gasteiger partial charge in [-0.2, -0.15) is 10.1 Å². The molecular formula is C22H18N2O5S2. The lowest BCUT2D eigenvalue weighted by Crippen LogP contribution is -2.21. The highest BCUT2D eigenvalue weighted by atomic mass is 32.2. The Balaban J connectivity index is 1.86. The molecule has 0 saturated carbocycles. The molecular weight excluding hydrogens is 436 g/mol. The molecule has 2 aromatic carbocycles. The van der Waals surface area contributed by atoms with E-state index in [4.69, 9.17) is 21.7 Å². The van der Waals surface area contributed by atoms with Gasteiger partial charge in [0.2, 0.25) is 0 Å². The molecule has 1 heterocycles. The van der Waals surface area contributed by atoms with Gasteiger partial charge in [0.15, 0.2) is 15.8 Å². The van der Waals surface area contributed by atoms with Gasteiger partial charge in [-0.25, -0.2) is 4.79 Å². The Morgan fingerprint density at radius 2 is 1.90 bits per heavy atom. The van der Waals surface area contributed by atoms with Crippen LogP contribution < -0.4 is 9.47 Å². The SMILES string of the molecule is COc1ccc(/C=C2/SC(=S)N(/N=C/C=C\c3ccccc3)C2=O)c(C(=O)O)c1OC.